The lowest BCUT2D eigenvalue weighted by Crippen LogP contribution is -2.32. The molecule has 0 bridgehead atoms. The third-order valence-corrected chi connectivity index (χ3v) is 3.70. The van der Waals surface area contributed by atoms with E-state index >= 15 is 0 Å². The van der Waals surface area contributed by atoms with E-state index in [0.717, 1.165) is 16.7 Å². The number of aryl methyl sites for hydroxylation is 2. The Morgan fingerprint density at radius 1 is 1.04 bits per heavy atom. The molecule has 0 aliphatic carbocycles. The number of carbonyl (C=O) groups is 2. The third kappa shape index (κ3) is 4.93. The zero-order valence-electron chi connectivity index (χ0n) is 14.2. The third-order valence-electron chi connectivity index (χ3n) is 3.70. The van der Waals surface area contributed by atoms with E-state index in [1.54, 1.807) is 19.2 Å². The van der Waals surface area contributed by atoms with Crippen LogP contribution in [0.4, 0.5) is 5.69 Å². The quantitative estimate of drug-likeness (QED) is 0.858. The Labute approximate surface area is 142 Å². The van der Waals surface area contributed by atoms with Gasteiger partial charge >= 0.3 is 0 Å². The summed E-state index contributed by atoms with van der Waals surface area (Å²) in [5, 5.41) is 5.39. The van der Waals surface area contributed by atoms with Gasteiger partial charge in [0, 0.05) is 18.4 Å². The first-order valence-electron chi connectivity index (χ1n) is 7.73. The predicted molar refractivity (Wildman–Crippen MR) is 94.0 cm³/mol. The molecule has 0 unspecified atom stereocenters. The van der Waals surface area contributed by atoms with Crippen LogP contribution in [0.2, 0.25) is 0 Å². The van der Waals surface area contributed by atoms with Crippen LogP contribution < -0.4 is 10.6 Å². The van der Waals surface area contributed by atoms with Crippen molar-refractivity contribution in [1.82, 2.24) is 5.32 Å². The lowest BCUT2D eigenvalue weighted by Gasteiger charge is -2.09. The van der Waals surface area contributed by atoms with Crippen molar-refractivity contribution in [2.24, 2.45) is 0 Å². The smallest absolute Gasteiger partial charge is 0.251 e. The van der Waals surface area contributed by atoms with Crippen molar-refractivity contribution in [2.75, 3.05) is 19.0 Å². The van der Waals surface area contributed by atoms with E-state index in [4.69, 9.17) is 4.74 Å². The predicted octanol–water partition coefficient (Wildman–Crippen LogP) is 2.82. The molecular weight excluding hydrogens is 304 g/mol. The minimum atomic E-state index is -0.276. The molecule has 0 atom stereocenters. The number of ether oxygens (including phenoxy) is 1. The fourth-order valence-corrected chi connectivity index (χ4v) is 2.26. The van der Waals surface area contributed by atoms with Crippen molar-refractivity contribution >= 4 is 17.5 Å². The van der Waals surface area contributed by atoms with E-state index in [2.05, 4.69) is 10.6 Å². The highest BCUT2D eigenvalue weighted by atomic mass is 16.5. The largest absolute Gasteiger partial charge is 0.380 e. The van der Waals surface area contributed by atoms with Crippen molar-refractivity contribution in [3.63, 3.8) is 0 Å². The number of hydrogen-bond donors (Lipinski definition) is 2. The van der Waals surface area contributed by atoms with Gasteiger partial charge in [0.2, 0.25) is 5.91 Å². The summed E-state index contributed by atoms with van der Waals surface area (Å²) < 4.78 is 5.06. The Morgan fingerprint density at radius 3 is 2.54 bits per heavy atom. The lowest BCUT2D eigenvalue weighted by molar-refractivity contribution is -0.115. The molecule has 0 aliphatic heterocycles. The van der Waals surface area contributed by atoms with Crippen LogP contribution in [0.3, 0.4) is 0 Å². The second kappa shape index (κ2) is 8.26. The first-order chi connectivity index (χ1) is 11.5. The maximum absolute atomic E-state index is 12.1. The minimum Gasteiger partial charge on any atom is -0.380 e. The molecule has 5 nitrogen and oxygen atoms in total. The summed E-state index contributed by atoms with van der Waals surface area (Å²) in [7, 11) is 1.62. The minimum absolute atomic E-state index is 0.0831. The van der Waals surface area contributed by atoms with Crippen molar-refractivity contribution < 1.29 is 14.3 Å². The van der Waals surface area contributed by atoms with Crippen LogP contribution in [0.25, 0.3) is 0 Å². The van der Waals surface area contributed by atoms with Gasteiger partial charge in [-0.15, -0.1) is 0 Å². The Kier molecular flexibility index (Phi) is 6.09. The molecule has 0 saturated carbocycles. The molecular formula is C19H22N2O3. The van der Waals surface area contributed by atoms with Gasteiger partial charge < -0.3 is 15.4 Å². The highest BCUT2D eigenvalue weighted by Crippen LogP contribution is 2.11. The van der Waals surface area contributed by atoms with Gasteiger partial charge in [-0.2, -0.15) is 0 Å². The fraction of sp³-hybridized carbons (Fsp3) is 0.263. The van der Waals surface area contributed by atoms with Gasteiger partial charge in [-0.05, 0) is 54.8 Å². The molecule has 0 fully saturated rings. The van der Waals surface area contributed by atoms with Gasteiger partial charge in [0.25, 0.3) is 5.91 Å². The molecule has 0 radical (unpaired) electrons. The van der Waals surface area contributed by atoms with Gasteiger partial charge in [-0.25, -0.2) is 0 Å². The monoisotopic (exact) mass is 326 g/mol. The van der Waals surface area contributed by atoms with Crippen LogP contribution in [-0.4, -0.2) is 25.5 Å². The van der Waals surface area contributed by atoms with E-state index in [9.17, 15) is 9.59 Å². The number of amides is 2. The van der Waals surface area contributed by atoms with Gasteiger partial charge in [0.1, 0.15) is 0 Å². The maximum Gasteiger partial charge on any atom is 0.251 e. The Hall–Kier alpha value is -2.66. The SMILES string of the molecule is COCc1cccc(NC(=O)CNC(=O)c2ccc(C)c(C)c2)c1. The Bertz CT molecular complexity index is 741. The Balaban J connectivity index is 1.89. The van der Waals surface area contributed by atoms with E-state index in [1.807, 2.05) is 44.2 Å². The molecule has 2 aromatic carbocycles. The van der Waals surface area contributed by atoms with Crippen molar-refractivity contribution in [2.45, 2.75) is 20.5 Å². The maximum atomic E-state index is 12.1. The lowest BCUT2D eigenvalue weighted by atomic mass is 10.1. The average Bonchev–Trinajstić information content (AvgIpc) is 2.56. The van der Waals surface area contributed by atoms with Crippen molar-refractivity contribution in [3.05, 3.63) is 64.7 Å². The number of benzene rings is 2. The molecule has 0 aliphatic rings. The summed E-state index contributed by atoms with van der Waals surface area (Å²) in [6.45, 7) is 4.33. The molecule has 2 rings (SSSR count). The Morgan fingerprint density at radius 2 is 1.83 bits per heavy atom. The zero-order valence-corrected chi connectivity index (χ0v) is 14.2. The number of carbonyl (C=O) groups excluding carboxylic acids is 2. The summed E-state index contributed by atoms with van der Waals surface area (Å²) in [5.41, 5.74) is 4.36. The van der Waals surface area contributed by atoms with E-state index in [-0.39, 0.29) is 18.4 Å². The first kappa shape index (κ1) is 17.7. The second-order valence-corrected chi connectivity index (χ2v) is 5.66. The molecule has 126 valence electrons. The summed E-state index contributed by atoms with van der Waals surface area (Å²) in [6.07, 6.45) is 0. The van der Waals surface area contributed by atoms with Crippen LogP contribution in [-0.2, 0) is 16.1 Å². The molecule has 5 heteroatoms. The first-order valence-corrected chi connectivity index (χ1v) is 7.73. The van der Waals surface area contributed by atoms with Crippen LogP contribution in [0, 0.1) is 13.8 Å². The van der Waals surface area contributed by atoms with Crippen molar-refractivity contribution in [3.8, 4) is 0 Å². The molecule has 0 spiro atoms. The molecule has 2 amide bonds. The summed E-state index contributed by atoms with van der Waals surface area (Å²) in [6, 6.07) is 12.9. The topological polar surface area (TPSA) is 67.4 Å². The highest BCUT2D eigenvalue weighted by Gasteiger charge is 2.09. The van der Waals surface area contributed by atoms with Gasteiger partial charge in [0.15, 0.2) is 0 Å². The summed E-state index contributed by atoms with van der Waals surface area (Å²) in [5.74, 6) is -0.539. The van der Waals surface area contributed by atoms with Gasteiger partial charge in [-0.1, -0.05) is 18.2 Å². The van der Waals surface area contributed by atoms with E-state index in [0.29, 0.717) is 17.9 Å². The fourth-order valence-electron chi connectivity index (χ4n) is 2.26. The molecule has 0 heterocycles. The van der Waals surface area contributed by atoms with Crippen LogP contribution >= 0.6 is 0 Å². The van der Waals surface area contributed by atoms with Gasteiger partial charge in [0.05, 0.1) is 13.2 Å². The van der Waals surface area contributed by atoms with Crippen LogP contribution in [0.5, 0.6) is 0 Å². The molecule has 2 N–H and O–H groups in total. The average molecular weight is 326 g/mol. The summed E-state index contributed by atoms with van der Waals surface area (Å²) >= 11 is 0. The van der Waals surface area contributed by atoms with Gasteiger partial charge in [-0.3, -0.25) is 9.59 Å². The standard InChI is InChI=1S/C19H22N2O3/c1-13-7-8-16(9-14(13)2)19(23)20-11-18(22)21-17-6-4-5-15(10-17)12-24-3/h4-10H,11-12H2,1-3H3,(H,20,23)(H,21,22). The normalized spacial score (nSPS) is 10.3. The number of methoxy groups -OCH3 is 1. The van der Waals surface area contributed by atoms with E-state index in [1.165, 1.54) is 0 Å². The van der Waals surface area contributed by atoms with Crippen molar-refractivity contribution in [1.29, 1.82) is 0 Å². The molecule has 2 aromatic rings. The second-order valence-electron chi connectivity index (χ2n) is 5.66. The summed E-state index contributed by atoms with van der Waals surface area (Å²) in [4.78, 5) is 24.1. The van der Waals surface area contributed by atoms with E-state index < -0.39 is 0 Å². The number of nitrogens with one attached hydrogen (secondary N) is 2. The highest BCUT2D eigenvalue weighted by molar-refractivity contribution is 5.99. The molecule has 24 heavy (non-hydrogen) atoms. The van der Waals surface area contributed by atoms with Crippen LogP contribution in [0.1, 0.15) is 27.0 Å². The molecule has 0 saturated heterocycles. The number of rotatable bonds is 6. The number of hydrogen-bond acceptors (Lipinski definition) is 3. The number of anilines is 1. The molecule has 0 aromatic heterocycles. The zero-order chi connectivity index (χ0) is 17.5. The van der Waals surface area contributed by atoms with Crippen LogP contribution in [0.15, 0.2) is 42.5 Å².